The van der Waals surface area contributed by atoms with E-state index >= 15 is 0 Å². The van der Waals surface area contributed by atoms with Gasteiger partial charge >= 0.3 is 18.2 Å². The molecule has 0 unspecified atom stereocenters. The summed E-state index contributed by atoms with van der Waals surface area (Å²) in [4.78, 5) is 23.4. The van der Waals surface area contributed by atoms with Crippen molar-refractivity contribution in [2.45, 2.75) is 12.7 Å². The molecule has 0 aliphatic carbocycles. The quantitative estimate of drug-likeness (QED) is 0.389. The summed E-state index contributed by atoms with van der Waals surface area (Å²) in [6.45, 7) is -1.32. The number of nitrogens with one attached hydrogen (secondary N) is 1. The number of pyridine rings is 1. The van der Waals surface area contributed by atoms with Crippen molar-refractivity contribution in [2.24, 2.45) is 4.99 Å². The van der Waals surface area contributed by atoms with Gasteiger partial charge < -0.3 is 20.0 Å². The van der Waals surface area contributed by atoms with Gasteiger partial charge in [-0.3, -0.25) is 0 Å². The van der Waals surface area contributed by atoms with E-state index in [2.05, 4.69) is 29.8 Å². The van der Waals surface area contributed by atoms with Crippen LogP contribution in [0.4, 0.5) is 24.8 Å². The second kappa shape index (κ2) is 10.2. The number of benzene rings is 1. The summed E-state index contributed by atoms with van der Waals surface area (Å²) in [6.07, 6.45) is -3.53. The zero-order valence-corrected chi connectivity index (χ0v) is 17.8. The third-order valence-corrected chi connectivity index (χ3v) is 4.25. The van der Waals surface area contributed by atoms with Crippen LogP contribution in [0.3, 0.4) is 0 Å². The lowest BCUT2D eigenvalue weighted by atomic mass is 10.2. The molecule has 0 saturated carbocycles. The summed E-state index contributed by atoms with van der Waals surface area (Å²) in [5.41, 5.74) is 0.828. The van der Waals surface area contributed by atoms with Crippen LogP contribution in [0, 0.1) is 0 Å². The number of hydrogen-bond donors (Lipinski definition) is 2. The number of methoxy groups -OCH3 is 1. The Morgan fingerprint density at radius 2 is 1.94 bits per heavy atom. The number of ether oxygens (including phenoxy) is 2. The van der Waals surface area contributed by atoms with Crippen molar-refractivity contribution < 1.29 is 32.6 Å². The Balaban J connectivity index is 1.92. The minimum Gasteiger partial charge on any atom is -0.465 e. The van der Waals surface area contributed by atoms with Crippen LogP contribution >= 0.6 is 11.6 Å². The fourth-order valence-electron chi connectivity index (χ4n) is 2.49. The molecule has 2 aromatic heterocycles. The van der Waals surface area contributed by atoms with E-state index in [-0.39, 0.29) is 29.2 Å². The first-order valence-corrected chi connectivity index (χ1v) is 9.63. The Bertz CT molecular complexity index is 1200. The largest absolute Gasteiger partial charge is 0.465 e. The molecule has 0 aliphatic rings. The highest BCUT2D eigenvalue weighted by molar-refractivity contribution is 6.30. The van der Waals surface area contributed by atoms with Gasteiger partial charge in [-0.05, 0) is 29.8 Å². The molecule has 0 atom stereocenters. The lowest BCUT2D eigenvalue weighted by Crippen LogP contribution is -2.21. The number of carbonyl (C=O) groups is 1. The van der Waals surface area contributed by atoms with Gasteiger partial charge in [-0.1, -0.05) is 23.7 Å². The van der Waals surface area contributed by atoms with Crippen LogP contribution < -0.4 is 15.5 Å². The molecule has 2 heterocycles. The first kappa shape index (κ1) is 23.9. The van der Waals surface area contributed by atoms with E-state index in [4.69, 9.17) is 11.6 Å². The fourth-order valence-corrected chi connectivity index (χ4v) is 2.62. The molecule has 0 aliphatic heterocycles. The first-order chi connectivity index (χ1) is 15.6. The molecule has 0 amide bonds. The number of esters is 1. The number of hydrogen-bond acceptors (Lipinski definition) is 8. The second-order valence-electron chi connectivity index (χ2n) is 6.50. The summed E-state index contributed by atoms with van der Waals surface area (Å²) in [5, 5.41) is 13.6. The van der Waals surface area contributed by atoms with Gasteiger partial charge in [0.25, 0.3) is 0 Å². The van der Waals surface area contributed by atoms with Crippen molar-refractivity contribution in [3.63, 3.8) is 0 Å². The van der Waals surface area contributed by atoms with Gasteiger partial charge in [-0.2, -0.15) is 27.9 Å². The van der Waals surface area contributed by atoms with Gasteiger partial charge in [0.15, 0.2) is 17.9 Å². The molecule has 0 saturated heterocycles. The highest BCUT2D eigenvalue weighted by atomic mass is 35.5. The Morgan fingerprint density at radius 3 is 2.58 bits per heavy atom. The molecule has 9 nitrogen and oxygen atoms in total. The first-order valence-electron chi connectivity index (χ1n) is 9.25. The highest BCUT2D eigenvalue weighted by Crippen LogP contribution is 2.21. The van der Waals surface area contributed by atoms with Gasteiger partial charge in [0, 0.05) is 17.6 Å². The summed E-state index contributed by atoms with van der Waals surface area (Å²) in [5.74, 6) is -0.649. The molecule has 0 fully saturated rings. The topological polar surface area (TPSA) is 111 Å². The molecule has 0 bridgehead atoms. The van der Waals surface area contributed by atoms with Gasteiger partial charge in [0.05, 0.1) is 18.9 Å². The van der Waals surface area contributed by atoms with Crippen molar-refractivity contribution >= 4 is 29.2 Å². The SMILES string of the molecule is COC(=O)c1ccc(=Nc2cc(NCc3ccc(Cl)cc3)nc(OCC(F)(F)F)n2)n(O)c1. The Kier molecular flexibility index (Phi) is 7.38. The predicted octanol–water partition coefficient (Wildman–Crippen LogP) is 3.74. The van der Waals surface area contributed by atoms with E-state index in [1.807, 2.05) is 0 Å². The van der Waals surface area contributed by atoms with E-state index < -0.39 is 24.8 Å². The lowest BCUT2D eigenvalue weighted by molar-refractivity contribution is -0.154. The standard InChI is InChI=1S/C20H17ClF3N5O4/c1-32-18(30)13-4-7-17(29(31)10-13)26-16-8-15(25-9-12-2-5-14(21)6-3-12)27-19(28-16)33-11-20(22,23)24/h2-8,10,31H,9,11H2,1H3,(H,25,27,28). The third-order valence-electron chi connectivity index (χ3n) is 4.00. The highest BCUT2D eigenvalue weighted by Gasteiger charge is 2.29. The van der Waals surface area contributed by atoms with E-state index in [1.54, 1.807) is 24.3 Å². The zero-order valence-electron chi connectivity index (χ0n) is 17.0. The summed E-state index contributed by atoms with van der Waals surface area (Å²) < 4.78 is 47.5. The molecule has 3 aromatic rings. The van der Waals surface area contributed by atoms with Crippen LogP contribution in [-0.2, 0) is 11.3 Å². The van der Waals surface area contributed by atoms with E-state index in [0.29, 0.717) is 9.75 Å². The van der Waals surface area contributed by atoms with Crippen molar-refractivity contribution in [2.75, 3.05) is 19.0 Å². The average Bonchev–Trinajstić information content (AvgIpc) is 2.77. The maximum absolute atomic E-state index is 12.6. The number of carbonyl (C=O) groups excluding carboxylic acids is 1. The van der Waals surface area contributed by atoms with Crippen LogP contribution in [0.25, 0.3) is 0 Å². The Hall–Kier alpha value is -3.80. The number of aromatic nitrogens is 3. The van der Waals surface area contributed by atoms with Gasteiger partial charge in [0.1, 0.15) is 5.82 Å². The number of alkyl halides is 3. The lowest BCUT2D eigenvalue weighted by Gasteiger charge is -2.11. The van der Waals surface area contributed by atoms with Crippen LogP contribution in [-0.4, -0.2) is 45.8 Å². The molecule has 3 rings (SSSR count). The molecule has 0 radical (unpaired) electrons. The smallest absolute Gasteiger partial charge is 0.422 e. The second-order valence-corrected chi connectivity index (χ2v) is 6.94. The summed E-state index contributed by atoms with van der Waals surface area (Å²) in [7, 11) is 1.18. The molecule has 0 spiro atoms. The molecule has 1 aromatic carbocycles. The van der Waals surface area contributed by atoms with Crippen LogP contribution in [0.15, 0.2) is 53.7 Å². The van der Waals surface area contributed by atoms with Crippen molar-refractivity contribution in [1.29, 1.82) is 0 Å². The van der Waals surface area contributed by atoms with Gasteiger partial charge in [-0.25, -0.2) is 9.79 Å². The summed E-state index contributed by atoms with van der Waals surface area (Å²) in [6, 6.07) is 10.3. The van der Waals surface area contributed by atoms with Crippen LogP contribution in [0.1, 0.15) is 15.9 Å². The Labute approximate surface area is 190 Å². The number of nitrogens with zero attached hydrogens (tertiary/aromatic N) is 4. The van der Waals surface area contributed by atoms with E-state index in [1.165, 1.54) is 25.3 Å². The minimum atomic E-state index is -4.59. The van der Waals surface area contributed by atoms with Gasteiger partial charge in [-0.15, -0.1) is 0 Å². The van der Waals surface area contributed by atoms with Crippen LogP contribution in [0.2, 0.25) is 5.02 Å². The monoisotopic (exact) mass is 483 g/mol. The summed E-state index contributed by atoms with van der Waals surface area (Å²) >= 11 is 5.86. The normalized spacial score (nSPS) is 11.8. The van der Waals surface area contributed by atoms with Gasteiger partial charge in [0.2, 0.25) is 0 Å². The average molecular weight is 484 g/mol. The maximum Gasteiger partial charge on any atom is 0.422 e. The molecule has 13 heteroatoms. The minimum absolute atomic E-state index is 0.0566. The van der Waals surface area contributed by atoms with E-state index in [0.717, 1.165) is 11.8 Å². The molecule has 33 heavy (non-hydrogen) atoms. The molecular weight excluding hydrogens is 467 g/mol. The third kappa shape index (κ3) is 7.10. The molecule has 174 valence electrons. The zero-order chi connectivity index (χ0) is 24.0. The maximum atomic E-state index is 12.6. The number of anilines is 1. The molecular formula is C20H17ClF3N5O4. The van der Waals surface area contributed by atoms with Crippen molar-refractivity contribution in [1.82, 2.24) is 14.7 Å². The van der Waals surface area contributed by atoms with Crippen LogP contribution in [0.5, 0.6) is 6.01 Å². The van der Waals surface area contributed by atoms with Crippen molar-refractivity contribution in [3.8, 4) is 6.01 Å². The molecule has 2 N–H and O–H groups in total. The van der Waals surface area contributed by atoms with Crippen molar-refractivity contribution in [3.05, 3.63) is 70.3 Å². The Morgan fingerprint density at radius 1 is 1.21 bits per heavy atom. The van der Waals surface area contributed by atoms with E-state index in [9.17, 15) is 23.2 Å². The number of rotatable bonds is 7. The number of halogens is 4. The fraction of sp³-hybridized carbons (Fsp3) is 0.200. The predicted molar refractivity (Wildman–Crippen MR) is 111 cm³/mol.